The molecule has 0 heterocycles. The molecule has 0 fully saturated rings. The third-order valence-electron chi connectivity index (χ3n) is 4.44. The van der Waals surface area contributed by atoms with Gasteiger partial charge in [0.25, 0.3) is 0 Å². The number of benzene rings is 2. The third kappa shape index (κ3) is 4.72. The number of rotatable bonds is 4. The monoisotopic (exact) mass is 357 g/mol. The topological polar surface area (TPSA) is 32.3 Å². The first kappa shape index (κ1) is 19.7. The maximum atomic E-state index is 10.9. The Hall–Kier alpha value is -1.61. The van der Waals surface area contributed by atoms with Crippen molar-refractivity contribution in [2.75, 3.05) is 11.6 Å². The minimum atomic E-state index is -0.0999. The van der Waals surface area contributed by atoms with Gasteiger partial charge in [-0.1, -0.05) is 59.7 Å². The first-order valence-corrected chi connectivity index (χ1v) is 10.00. The first-order valence-electron chi connectivity index (χ1n) is 8.78. The van der Waals surface area contributed by atoms with Crippen LogP contribution in [0.25, 0.3) is 0 Å². The highest BCUT2D eigenvalue weighted by molar-refractivity contribution is 7.98. The zero-order valence-electron chi connectivity index (χ0n) is 16.5. The lowest BCUT2D eigenvalue weighted by Crippen LogP contribution is -2.18. The van der Waals surface area contributed by atoms with E-state index >= 15 is 0 Å². The van der Waals surface area contributed by atoms with Gasteiger partial charge in [0.15, 0.2) is 0 Å². The van der Waals surface area contributed by atoms with Gasteiger partial charge in [-0.05, 0) is 46.4 Å². The van der Waals surface area contributed by atoms with Crippen LogP contribution >= 0.6 is 11.8 Å². The van der Waals surface area contributed by atoms with Gasteiger partial charge in [-0.15, -0.1) is 11.8 Å². The van der Waals surface area contributed by atoms with Crippen molar-refractivity contribution in [2.45, 2.75) is 63.8 Å². The summed E-state index contributed by atoms with van der Waals surface area (Å²) in [4.78, 5) is 1.21. The van der Waals surface area contributed by atoms with Crippen molar-refractivity contribution in [1.29, 1.82) is 0 Å². The van der Waals surface area contributed by atoms with E-state index in [1.54, 1.807) is 11.8 Å². The zero-order chi connectivity index (χ0) is 18.8. The van der Waals surface area contributed by atoms with Gasteiger partial charge < -0.3 is 10.4 Å². The quantitative estimate of drug-likeness (QED) is 0.628. The normalized spacial score (nSPS) is 12.3. The largest absolute Gasteiger partial charge is 0.507 e. The van der Waals surface area contributed by atoms with E-state index < -0.39 is 0 Å². The van der Waals surface area contributed by atoms with Crippen LogP contribution in [0, 0.1) is 0 Å². The van der Waals surface area contributed by atoms with Crippen LogP contribution < -0.4 is 5.32 Å². The predicted octanol–water partition coefficient (Wildman–Crippen LogP) is 6.32. The number of nitrogens with one attached hydrogen (secondary N) is 1. The van der Waals surface area contributed by atoms with Crippen molar-refractivity contribution in [3.63, 3.8) is 0 Å². The molecule has 0 unspecified atom stereocenters. The lowest BCUT2D eigenvalue weighted by molar-refractivity contribution is 0.439. The molecule has 0 aliphatic heterocycles. The van der Waals surface area contributed by atoms with Crippen LogP contribution in [0.4, 0.5) is 5.69 Å². The molecular weight excluding hydrogens is 326 g/mol. The molecule has 0 aromatic heterocycles. The Bertz CT molecular complexity index is 739. The minimum Gasteiger partial charge on any atom is -0.507 e. The molecule has 0 saturated heterocycles. The van der Waals surface area contributed by atoms with Gasteiger partial charge in [0.2, 0.25) is 0 Å². The average molecular weight is 358 g/mol. The van der Waals surface area contributed by atoms with Crippen LogP contribution in [0.2, 0.25) is 0 Å². The molecule has 3 heteroatoms. The lowest BCUT2D eigenvalue weighted by atomic mass is 9.79. The van der Waals surface area contributed by atoms with Crippen LogP contribution in [0.3, 0.4) is 0 Å². The fourth-order valence-electron chi connectivity index (χ4n) is 2.82. The summed E-state index contributed by atoms with van der Waals surface area (Å²) in [7, 11) is 0. The highest BCUT2D eigenvalue weighted by atomic mass is 32.2. The molecule has 136 valence electrons. The van der Waals surface area contributed by atoms with Crippen molar-refractivity contribution in [1.82, 2.24) is 0 Å². The maximum absolute atomic E-state index is 10.9. The Morgan fingerprint density at radius 1 is 0.960 bits per heavy atom. The molecule has 2 aromatic rings. The van der Waals surface area contributed by atoms with Crippen LogP contribution in [0.5, 0.6) is 5.75 Å². The van der Waals surface area contributed by atoms with Gasteiger partial charge in [0.05, 0.1) is 0 Å². The number of anilines is 1. The molecular formula is C22H31NOS. The molecule has 0 aliphatic rings. The summed E-state index contributed by atoms with van der Waals surface area (Å²) >= 11 is 1.72. The number of hydrogen-bond acceptors (Lipinski definition) is 3. The molecule has 0 amide bonds. The minimum absolute atomic E-state index is 0.0413. The molecule has 0 radical (unpaired) electrons. The Labute approximate surface area is 157 Å². The summed E-state index contributed by atoms with van der Waals surface area (Å²) in [5.41, 5.74) is 4.26. The number of aromatic hydroxyl groups is 1. The summed E-state index contributed by atoms with van der Waals surface area (Å²) < 4.78 is 0. The van der Waals surface area contributed by atoms with Gasteiger partial charge in [0.1, 0.15) is 5.75 Å². The van der Waals surface area contributed by atoms with Gasteiger partial charge >= 0.3 is 0 Å². The fourth-order valence-corrected chi connectivity index (χ4v) is 3.39. The summed E-state index contributed by atoms with van der Waals surface area (Å²) in [6.45, 7) is 13.7. The molecule has 2 nitrogen and oxygen atoms in total. The summed E-state index contributed by atoms with van der Waals surface area (Å²) in [6, 6.07) is 12.6. The first-order chi connectivity index (χ1) is 11.5. The van der Waals surface area contributed by atoms with Gasteiger partial charge in [0, 0.05) is 22.7 Å². The molecule has 25 heavy (non-hydrogen) atoms. The van der Waals surface area contributed by atoms with Crippen LogP contribution in [0.15, 0.2) is 41.3 Å². The molecule has 2 N–H and O–H groups in total. The summed E-state index contributed by atoms with van der Waals surface area (Å²) in [5.74, 6) is 0.412. The van der Waals surface area contributed by atoms with Crippen molar-refractivity contribution in [3.05, 3.63) is 53.1 Å². The van der Waals surface area contributed by atoms with E-state index in [1.165, 1.54) is 10.5 Å². The van der Waals surface area contributed by atoms with Crippen molar-refractivity contribution >= 4 is 17.4 Å². The van der Waals surface area contributed by atoms with Crippen LogP contribution in [-0.2, 0) is 17.4 Å². The average Bonchev–Trinajstić information content (AvgIpc) is 2.51. The second-order valence-corrected chi connectivity index (χ2v) is 9.43. The molecule has 0 atom stereocenters. The van der Waals surface area contributed by atoms with E-state index in [2.05, 4.69) is 77.4 Å². The van der Waals surface area contributed by atoms with Crippen LogP contribution in [0.1, 0.15) is 58.2 Å². The third-order valence-corrected chi connectivity index (χ3v) is 5.23. The maximum Gasteiger partial charge on any atom is 0.124 e. The second kappa shape index (κ2) is 7.33. The van der Waals surface area contributed by atoms with Crippen molar-refractivity contribution in [2.24, 2.45) is 0 Å². The molecule has 2 aromatic carbocycles. The smallest absolute Gasteiger partial charge is 0.124 e. The Morgan fingerprint density at radius 2 is 1.60 bits per heavy atom. The summed E-state index contributed by atoms with van der Waals surface area (Å²) in [5, 5.41) is 14.4. The number of thioether (sulfide) groups is 1. The Balaban J connectivity index is 2.43. The highest BCUT2D eigenvalue weighted by Gasteiger charge is 2.24. The molecule has 0 aliphatic carbocycles. The standard InChI is InChI=1S/C22H31NOS/c1-21(2,3)16-12-15(20(24)17(13-16)22(4,5)6)14-23-18-10-8-9-11-19(18)25-7/h8-13,23-24H,14H2,1-7H3. The Morgan fingerprint density at radius 3 is 2.16 bits per heavy atom. The van der Waals surface area contributed by atoms with E-state index in [0.717, 1.165) is 16.8 Å². The van der Waals surface area contributed by atoms with Crippen molar-refractivity contribution in [3.8, 4) is 5.75 Å². The van der Waals surface area contributed by atoms with E-state index in [4.69, 9.17) is 0 Å². The Kier molecular flexibility index (Phi) is 5.78. The van der Waals surface area contributed by atoms with Gasteiger partial charge in [-0.3, -0.25) is 0 Å². The number of phenolic OH excluding ortho intramolecular Hbond substituents is 1. The lowest BCUT2D eigenvalue weighted by Gasteiger charge is -2.27. The van der Waals surface area contributed by atoms with E-state index in [0.29, 0.717) is 12.3 Å². The highest BCUT2D eigenvalue weighted by Crippen LogP contribution is 2.38. The van der Waals surface area contributed by atoms with Crippen LogP contribution in [-0.4, -0.2) is 11.4 Å². The van der Waals surface area contributed by atoms with Crippen molar-refractivity contribution < 1.29 is 5.11 Å². The molecule has 0 spiro atoms. The molecule has 2 rings (SSSR count). The SMILES string of the molecule is CSc1ccccc1NCc1cc(C(C)(C)C)cc(C(C)(C)C)c1O. The van der Waals surface area contributed by atoms with Gasteiger partial charge in [-0.2, -0.15) is 0 Å². The number of hydrogen-bond donors (Lipinski definition) is 2. The van der Waals surface area contributed by atoms with E-state index in [-0.39, 0.29) is 10.8 Å². The molecule has 0 bridgehead atoms. The van der Waals surface area contributed by atoms with Gasteiger partial charge in [-0.25, -0.2) is 0 Å². The number of phenols is 1. The van der Waals surface area contributed by atoms with E-state index in [9.17, 15) is 5.11 Å². The second-order valence-electron chi connectivity index (χ2n) is 8.59. The summed E-state index contributed by atoms with van der Waals surface area (Å²) in [6.07, 6.45) is 2.08. The van der Waals surface area contributed by atoms with E-state index in [1.807, 2.05) is 12.1 Å². The molecule has 0 saturated carbocycles. The fraction of sp³-hybridized carbons (Fsp3) is 0.455. The zero-order valence-corrected chi connectivity index (χ0v) is 17.3. The predicted molar refractivity (Wildman–Crippen MR) is 111 cm³/mol. The number of para-hydroxylation sites is 1.